The number of rotatable bonds is 8. The third-order valence-electron chi connectivity index (χ3n) is 5.31. The molecule has 0 aliphatic heterocycles. The molecule has 0 aromatic rings. The highest BCUT2D eigenvalue weighted by Crippen LogP contribution is 2.50. The Kier molecular flexibility index (Phi) is 5.74. The van der Waals surface area contributed by atoms with Gasteiger partial charge in [-0.2, -0.15) is 0 Å². The maximum atomic E-state index is 3.71. The molecule has 4 atom stereocenters. The predicted octanol–water partition coefficient (Wildman–Crippen LogP) is 4.72. The van der Waals surface area contributed by atoms with Gasteiger partial charge in [-0.05, 0) is 80.7 Å². The highest BCUT2D eigenvalue weighted by Gasteiger charge is 2.39. The molecule has 112 valence electrons. The first-order chi connectivity index (χ1) is 9.04. The largest absolute Gasteiger partial charge is 0.316 e. The van der Waals surface area contributed by atoms with Gasteiger partial charge in [0, 0.05) is 0 Å². The van der Waals surface area contributed by atoms with Gasteiger partial charge in [-0.1, -0.05) is 34.1 Å². The van der Waals surface area contributed by atoms with E-state index in [0.29, 0.717) is 0 Å². The van der Waals surface area contributed by atoms with Crippen molar-refractivity contribution in [3.8, 4) is 0 Å². The summed E-state index contributed by atoms with van der Waals surface area (Å²) in [6.45, 7) is 11.8. The van der Waals surface area contributed by atoms with Crippen molar-refractivity contribution in [3.05, 3.63) is 0 Å². The molecule has 0 radical (unpaired) electrons. The summed E-state index contributed by atoms with van der Waals surface area (Å²) in [5, 5.41) is 3.71. The molecule has 1 nitrogen and oxygen atoms in total. The van der Waals surface area contributed by atoms with E-state index in [4.69, 9.17) is 0 Å². The molecule has 0 aromatic carbocycles. The van der Waals surface area contributed by atoms with Crippen LogP contribution in [0, 0.1) is 35.5 Å². The lowest BCUT2D eigenvalue weighted by atomic mass is 9.80. The molecule has 0 spiro atoms. The van der Waals surface area contributed by atoms with E-state index in [2.05, 4.69) is 33.0 Å². The normalized spacial score (nSPS) is 31.6. The first kappa shape index (κ1) is 15.4. The van der Waals surface area contributed by atoms with Crippen LogP contribution in [0.3, 0.4) is 0 Å². The van der Waals surface area contributed by atoms with Crippen molar-refractivity contribution in [1.29, 1.82) is 0 Å². The van der Waals surface area contributed by atoms with Crippen molar-refractivity contribution in [2.24, 2.45) is 35.5 Å². The quantitative estimate of drug-likeness (QED) is 0.669. The first-order valence-corrected chi connectivity index (χ1v) is 8.75. The molecule has 2 fully saturated rings. The summed E-state index contributed by atoms with van der Waals surface area (Å²) in [4.78, 5) is 0. The molecule has 0 saturated heterocycles. The van der Waals surface area contributed by atoms with E-state index in [0.717, 1.165) is 35.5 Å². The standard InChI is InChI=1S/C18H35N/c1-13(2)7-16(12-19-11-14(3)4)10-18-9-15-5-6-17(18)8-15/h13-19H,5-12H2,1-4H3. The van der Waals surface area contributed by atoms with Crippen LogP contribution in [0.2, 0.25) is 0 Å². The van der Waals surface area contributed by atoms with Crippen LogP contribution in [0.5, 0.6) is 0 Å². The van der Waals surface area contributed by atoms with Crippen molar-refractivity contribution in [1.82, 2.24) is 5.32 Å². The summed E-state index contributed by atoms with van der Waals surface area (Å²) >= 11 is 0. The Morgan fingerprint density at radius 2 is 1.74 bits per heavy atom. The van der Waals surface area contributed by atoms with E-state index in [1.807, 2.05) is 0 Å². The van der Waals surface area contributed by atoms with Gasteiger partial charge in [0.05, 0.1) is 0 Å². The fourth-order valence-electron chi connectivity index (χ4n) is 4.60. The molecular weight excluding hydrogens is 230 g/mol. The smallest absolute Gasteiger partial charge is 0.00202 e. The third kappa shape index (κ3) is 4.77. The Bertz CT molecular complexity index is 258. The second-order valence-corrected chi connectivity index (χ2v) is 8.22. The summed E-state index contributed by atoms with van der Waals surface area (Å²) in [5.41, 5.74) is 0. The van der Waals surface area contributed by atoms with Crippen LogP contribution in [0.4, 0.5) is 0 Å². The van der Waals surface area contributed by atoms with Crippen LogP contribution < -0.4 is 5.32 Å². The van der Waals surface area contributed by atoms with Crippen LogP contribution in [-0.2, 0) is 0 Å². The van der Waals surface area contributed by atoms with Crippen LogP contribution in [0.15, 0.2) is 0 Å². The van der Waals surface area contributed by atoms with Gasteiger partial charge in [-0.3, -0.25) is 0 Å². The second-order valence-electron chi connectivity index (χ2n) is 8.22. The van der Waals surface area contributed by atoms with Crippen LogP contribution in [0.1, 0.15) is 66.2 Å². The van der Waals surface area contributed by atoms with E-state index >= 15 is 0 Å². The second kappa shape index (κ2) is 7.11. The number of hydrogen-bond acceptors (Lipinski definition) is 1. The molecule has 0 aromatic heterocycles. The molecule has 2 aliphatic carbocycles. The molecular formula is C18H35N. The van der Waals surface area contributed by atoms with E-state index < -0.39 is 0 Å². The third-order valence-corrected chi connectivity index (χ3v) is 5.31. The summed E-state index contributed by atoms with van der Waals surface area (Å²) in [6.07, 6.45) is 9.14. The molecule has 2 saturated carbocycles. The first-order valence-electron chi connectivity index (χ1n) is 8.75. The molecule has 0 amide bonds. The zero-order valence-electron chi connectivity index (χ0n) is 13.6. The maximum Gasteiger partial charge on any atom is -0.00202 e. The van der Waals surface area contributed by atoms with Crippen molar-refractivity contribution in [2.45, 2.75) is 66.2 Å². The van der Waals surface area contributed by atoms with Gasteiger partial charge in [0.1, 0.15) is 0 Å². The number of nitrogens with one attached hydrogen (secondary N) is 1. The summed E-state index contributed by atoms with van der Waals surface area (Å²) in [7, 11) is 0. The molecule has 1 N–H and O–H groups in total. The van der Waals surface area contributed by atoms with Gasteiger partial charge in [0.2, 0.25) is 0 Å². The average molecular weight is 265 g/mol. The zero-order valence-corrected chi connectivity index (χ0v) is 13.6. The Balaban J connectivity index is 1.76. The van der Waals surface area contributed by atoms with Gasteiger partial charge >= 0.3 is 0 Å². The van der Waals surface area contributed by atoms with Gasteiger partial charge in [-0.25, -0.2) is 0 Å². The minimum absolute atomic E-state index is 0.780. The van der Waals surface area contributed by atoms with Crippen molar-refractivity contribution in [3.63, 3.8) is 0 Å². The molecule has 0 heterocycles. The molecule has 2 aliphatic rings. The van der Waals surface area contributed by atoms with Crippen molar-refractivity contribution >= 4 is 0 Å². The SMILES string of the molecule is CC(C)CNCC(CC(C)C)CC1CC2CCC1C2. The maximum absolute atomic E-state index is 3.71. The topological polar surface area (TPSA) is 12.0 Å². The van der Waals surface area contributed by atoms with Gasteiger partial charge < -0.3 is 5.32 Å². The fraction of sp³-hybridized carbons (Fsp3) is 1.00. The highest BCUT2D eigenvalue weighted by molar-refractivity contribution is 4.91. The predicted molar refractivity (Wildman–Crippen MR) is 84.2 cm³/mol. The Morgan fingerprint density at radius 3 is 2.26 bits per heavy atom. The van der Waals surface area contributed by atoms with Crippen LogP contribution in [0.25, 0.3) is 0 Å². The lowest BCUT2D eigenvalue weighted by Crippen LogP contribution is -2.29. The molecule has 4 unspecified atom stereocenters. The molecule has 2 bridgehead atoms. The fourth-order valence-corrected chi connectivity index (χ4v) is 4.60. The van der Waals surface area contributed by atoms with E-state index in [1.54, 1.807) is 25.7 Å². The minimum Gasteiger partial charge on any atom is -0.316 e. The van der Waals surface area contributed by atoms with Gasteiger partial charge in [-0.15, -0.1) is 0 Å². The van der Waals surface area contributed by atoms with Crippen LogP contribution in [-0.4, -0.2) is 13.1 Å². The average Bonchev–Trinajstić information content (AvgIpc) is 2.89. The Labute approximate surface area is 120 Å². The van der Waals surface area contributed by atoms with Crippen molar-refractivity contribution in [2.75, 3.05) is 13.1 Å². The minimum atomic E-state index is 0.780. The van der Waals surface area contributed by atoms with Gasteiger partial charge in [0.25, 0.3) is 0 Å². The zero-order chi connectivity index (χ0) is 13.8. The molecule has 1 heteroatoms. The monoisotopic (exact) mass is 265 g/mol. The lowest BCUT2D eigenvalue weighted by Gasteiger charge is -2.28. The van der Waals surface area contributed by atoms with E-state index in [1.165, 1.54) is 25.9 Å². The summed E-state index contributed by atoms with van der Waals surface area (Å²) in [5.74, 6) is 5.83. The van der Waals surface area contributed by atoms with Gasteiger partial charge in [0.15, 0.2) is 0 Å². The van der Waals surface area contributed by atoms with E-state index in [-0.39, 0.29) is 0 Å². The molecule has 2 rings (SSSR count). The van der Waals surface area contributed by atoms with E-state index in [9.17, 15) is 0 Å². The summed E-state index contributed by atoms with van der Waals surface area (Å²) in [6, 6.07) is 0. The van der Waals surface area contributed by atoms with Crippen molar-refractivity contribution < 1.29 is 0 Å². The number of hydrogen-bond donors (Lipinski definition) is 1. The number of fused-ring (bicyclic) bond motifs is 2. The summed E-state index contributed by atoms with van der Waals surface area (Å²) < 4.78 is 0. The Hall–Kier alpha value is -0.0400. The lowest BCUT2D eigenvalue weighted by molar-refractivity contribution is 0.241. The highest BCUT2D eigenvalue weighted by atomic mass is 14.9. The van der Waals surface area contributed by atoms with Crippen LogP contribution >= 0.6 is 0 Å². The Morgan fingerprint density at radius 1 is 0.947 bits per heavy atom. The molecule has 19 heavy (non-hydrogen) atoms.